The highest BCUT2D eigenvalue weighted by Crippen LogP contribution is 2.24. The Hall–Kier alpha value is -4.99. The summed E-state index contributed by atoms with van der Waals surface area (Å²) in [5.41, 5.74) is 3.66. The SMILES string of the molecule is CC(C)Oc1ccccc1CNCCC[C@H](NC(=O)c1ccc(CNCc2ncc[nH]2)cc1)C(=O)NC(C)c1cccc2ccccc12. The van der Waals surface area contributed by atoms with E-state index >= 15 is 0 Å². The standard InChI is InChI=1S/C39H46N6O3/c1-27(2)48-36-16-7-5-11-32(36)25-40-21-9-15-35(39(47)44-28(3)33-14-8-12-30-10-4-6-13-34(30)33)45-38(46)31-19-17-29(18-20-31)24-41-26-37-42-22-23-43-37/h4-8,10-14,16-20,22-23,27-28,35,40-41H,9,15,21,24-26H2,1-3H3,(H,42,43)(H,44,47)(H,45,46)/t28?,35-/m0/s1. The van der Waals surface area contributed by atoms with Crippen molar-refractivity contribution in [2.24, 2.45) is 0 Å². The highest BCUT2D eigenvalue weighted by molar-refractivity contribution is 5.97. The first-order chi connectivity index (χ1) is 23.4. The molecule has 0 aliphatic heterocycles. The molecule has 2 amide bonds. The van der Waals surface area contributed by atoms with Crippen LogP contribution < -0.4 is 26.0 Å². The average molecular weight is 647 g/mol. The van der Waals surface area contributed by atoms with Gasteiger partial charge in [-0.1, -0.05) is 72.8 Å². The third-order valence-electron chi connectivity index (χ3n) is 8.16. The van der Waals surface area contributed by atoms with Gasteiger partial charge in [0.2, 0.25) is 5.91 Å². The van der Waals surface area contributed by atoms with Gasteiger partial charge in [0.25, 0.3) is 5.91 Å². The number of hydrogen-bond donors (Lipinski definition) is 5. The molecule has 0 radical (unpaired) electrons. The van der Waals surface area contributed by atoms with Crippen LogP contribution in [0, 0.1) is 0 Å². The van der Waals surface area contributed by atoms with Crippen molar-refractivity contribution in [2.45, 2.75) is 71.4 Å². The van der Waals surface area contributed by atoms with E-state index in [1.165, 1.54) is 0 Å². The smallest absolute Gasteiger partial charge is 0.251 e. The Balaban J connectivity index is 1.21. The van der Waals surface area contributed by atoms with Crippen LogP contribution in [0.4, 0.5) is 0 Å². The first-order valence-corrected chi connectivity index (χ1v) is 16.7. The molecule has 1 heterocycles. The topological polar surface area (TPSA) is 120 Å². The van der Waals surface area contributed by atoms with E-state index < -0.39 is 6.04 Å². The number of carbonyl (C=O) groups is 2. The van der Waals surface area contributed by atoms with E-state index in [1.807, 2.05) is 75.4 Å². The second-order valence-electron chi connectivity index (χ2n) is 12.3. The molecule has 0 fully saturated rings. The maximum absolute atomic E-state index is 13.8. The van der Waals surface area contributed by atoms with Crippen molar-refractivity contribution in [3.05, 3.63) is 131 Å². The number of para-hydroxylation sites is 1. The number of aromatic amines is 1. The average Bonchev–Trinajstić information content (AvgIpc) is 3.61. The van der Waals surface area contributed by atoms with E-state index in [-0.39, 0.29) is 24.0 Å². The molecule has 5 aromatic rings. The Labute approximate surface area is 282 Å². The van der Waals surface area contributed by atoms with Gasteiger partial charge in [0.05, 0.1) is 18.7 Å². The predicted octanol–water partition coefficient (Wildman–Crippen LogP) is 6.19. The van der Waals surface area contributed by atoms with Gasteiger partial charge in [0.15, 0.2) is 0 Å². The van der Waals surface area contributed by atoms with Gasteiger partial charge in [-0.25, -0.2) is 4.98 Å². The van der Waals surface area contributed by atoms with E-state index in [4.69, 9.17) is 4.74 Å². The highest BCUT2D eigenvalue weighted by atomic mass is 16.5. The van der Waals surface area contributed by atoms with Crippen LogP contribution in [0.3, 0.4) is 0 Å². The number of benzene rings is 4. The summed E-state index contributed by atoms with van der Waals surface area (Å²) in [6.07, 6.45) is 4.77. The number of ether oxygens (including phenoxy) is 1. The Bertz CT molecular complexity index is 1750. The molecule has 2 atom stereocenters. The van der Waals surface area contributed by atoms with Gasteiger partial charge in [-0.15, -0.1) is 0 Å². The zero-order valence-electron chi connectivity index (χ0n) is 28.0. The van der Waals surface area contributed by atoms with E-state index in [1.54, 1.807) is 24.5 Å². The lowest BCUT2D eigenvalue weighted by atomic mass is 9.99. The zero-order chi connectivity index (χ0) is 33.7. The summed E-state index contributed by atoms with van der Waals surface area (Å²) in [5, 5.41) is 15.2. The number of imidazole rings is 1. The molecule has 0 bridgehead atoms. The van der Waals surface area contributed by atoms with Crippen LogP contribution in [0.5, 0.6) is 5.75 Å². The van der Waals surface area contributed by atoms with Crippen molar-refractivity contribution in [3.8, 4) is 5.75 Å². The lowest BCUT2D eigenvalue weighted by Gasteiger charge is -2.23. The molecule has 0 saturated heterocycles. The minimum absolute atomic E-state index is 0.0884. The van der Waals surface area contributed by atoms with Crippen LogP contribution in [-0.2, 0) is 24.4 Å². The van der Waals surface area contributed by atoms with Gasteiger partial charge in [0.1, 0.15) is 17.6 Å². The van der Waals surface area contributed by atoms with Gasteiger partial charge >= 0.3 is 0 Å². The summed E-state index contributed by atoms with van der Waals surface area (Å²) >= 11 is 0. The third kappa shape index (κ3) is 9.76. The molecule has 5 N–H and O–H groups in total. The molecule has 0 aliphatic carbocycles. The second kappa shape index (κ2) is 17.2. The van der Waals surface area contributed by atoms with E-state index in [0.717, 1.165) is 39.0 Å². The zero-order valence-corrected chi connectivity index (χ0v) is 28.0. The molecular weight excluding hydrogens is 600 g/mol. The lowest BCUT2D eigenvalue weighted by molar-refractivity contribution is -0.123. The van der Waals surface area contributed by atoms with Crippen molar-refractivity contribution in [2.75, 3.05) is 6.54 Å². The summed E-state index contributed by atoms with van der Waals surface area (Å²) in [5.74, 6) is 1.24. The molecule has 0 saturated carbocycles. The first kappa shape index (κ1) is 34.3. The fraction of sp³-hybridized carbons (Fsp3) is 0.308. The second-order valence-corrected chi connectivity index (χ2v) is 12.3. The summed E-state index contributed by atoms with van der Waals surface area (Å²) in [6.45, 7) is 8.59. The number of H-pyrrole nitrogens is 1. The van der Waals surface area contributed by atoms with Crippen molar-refractivity contribution in [1.29, 1.82) is 0 Å². The number of aromatic nitrogens is 2. The van der Waals surface area contributed by atoms with Gasteiger partial charge in [0, 0.05) is 36.6 Å². The van der Waals surface area contributed by atoms with Crippen LogP contribution in [-0.4, -0.2) is 40.5 Å². The maximum Gasteiger partial charge on any atom is 0.251 e. The van der Waals surface area contributed by atoms with Gasteiger partial charge in [-0.3, -0.25) is 9.59 Å². The molecule has 1 aromatic heterocycles. The van der Waals surface area contributed by atoms with Crippen LogP contribution in [0.2, 0.25) is 0 Å². The largest absolute Gasteiger partial charge is 0.491 e. The monoisotopic (exact) mass is 646 g/mol. The van der Waals surface area contributed by atoms with E-state index in [0.29, 0.717) is 44.6 Å². The molecule has 4 aromatic carbocycles. The van der Waals surface area contributed by atoms with Crippen LogP contribution in [0.25, 0.3) is 10.8 Å². The molecule has 48 heavy (non-hydrogen) atoms. The van der Waals surface area contributed by atoms with Gasteiger partial charge in [-0.2, -0.15) is 0 Å². The molecule has 5 rings (SSSR count). The molecule has 0 spiro atoms. The highest BCUT2D eigenvalue weighted by Gasteiger charge is 2.23. The summed E-state index contributed by atoms with van der Waals surface area (Å²) in [4.78, 5) is 34.5. The number of fused-ring (bicyclic) bond motifs is 1. The molecule has 9 nitrogen and oxygen atoms in total. The fourth-order valence-corrected chi connectivity index (χ4v) is 5.70. The molecule has 1 unspecified atom stereocenters. The molecular formula is C39H46N6O3. The fourth-order valence-electron chi connectivity index (χ4n) is 5.70. The molecule has 0 aliphatic rings. The Kier molecular flexibility index (Phi) is 12.3. The van der Waals surface area contributed by atoms with Gasteiger partial charge in [-0.05, 0) is 80.3 Å². The number of carbonyl (C=O) groups excluding carboxylic acids is 2. The Morgan fingerprint density at radius 3 is 2.38 bits per heavy atom. The normalized spacial score (nSPS) is 12.5. The van der Waals surface area contributed by atoms with Crippen molar-refractivity contribution >= 4 is 22.6 Å². The lowest BCUT2D eigenvalue weighted by Crippen LogP contribution is -2.47. The van der Waals surface area contributed by atoms with Crippen LogP contribution >= 0.6 is 0 Å². The summed E-state index contributed by atoms with van der Waals surface area (Å²) in [7, 11) is 0. The van der Waals surface area contributed by atoms with Crippen molar-refractivity contribution in [1.82, 2.24) is 31.2 Å². The Morgan fingerprint density at radius 1 is 0.812 bits per heavy atom. The van der Waals surface area contributed by atoms with Crippen molar-refractivity contribution < 1.29 is 14.3 Å². The van der Waals surface area contributed by atoms with Crippen LogP contribution in [0.15, 0.2) is 103 Å². The number of nitrogens with one attached hydrogen (secondary N) is 5. The van der Waals surface area contributed by atoms with Gasteiger partial charge < -0.3 is 31.0 Å². The molecule has 9 heteroatoms. The first-order valence-electron chi connectivity index (χ1n) is 16.7. The number of nitrogens with zero attached hydrogens (tertiary/aromatic N) is 1. The minimum Gasteiger partial charge on any atom is -0.491 e. The molecule has 250 valence electrons. The van der Waals surface area contributed by atoms with E-state index in [2.05, 4.69) is 55.5 Å². The van der Waals surface area contributed by atoms with E-state index in [9.17, 15) is 9.59 Å². The minimum atomic E-state index is -0.706. The number of rotatable bonds is 17. The quantitative estimate of drug-likeness (QED) is 0.0770. The third-order valence-corrected chi connectivity index (χ3v) is 8.16. The van der Waals surface area contributed by atoms with Crippen LogP contribution in [0.1, 0.15) is 72.5 Å². The number of amides is 2. The van der Waals surface area contributed by atoms with Crippen molar-refractivity contribution in [3.63, 3.8) is 0 Å². The maximum atomic E-state index is 13.8. The Morgan fingerprint density at radius 2 is 1.58 bits per heavy atom. The predicted molar refractivity (Wildman–Crippen MR) is 190 cm³/mol. The number of hydrogen-bond acceptors (Lipinski definition) is 6. The summed E-state index contributed by atoms with van der Waals surface area (Å²) < 4.78 is 5.95. The summed E-state index contributed by atoms with van der Waals surface area (Å²) in [6, 6.07) is 28.8.